The largest absolute Gasteiger partial charge is 0.380 e. The highest BCUT2D eigenvalue weighted by Gasteiger charge is 2.19. The van der Waals surface area contributed by atoms with Crippen LogP contribution < -0.4 is 16.0 Å². The summed E-state index contributed by atoms with van der Waals surface area (Å²) in [5.74, 6) is -0.377. The van der Waals surface area contributed by atoms with Crippen molar-refractivity contribution in [2.75, 3.05) is 16.8 Å². The second-order valence-electron chi connectivity index (χ2n) is 6.10. The first-order valence-electron chi connectivity index (χ1n) is 8.27. The molecule has 0 radical (unpaired) electrons. The number of nitrogens with two attached hydrogens (primary N) is 1. The van der Waals surface area contributed by atoms with Crippen molar-refractivity contribution in [3.8, 4) is 0 Å². The van der Waals surface area contributed by atoms with Crippen LogP contribution in [0.5, 0.6) is 0 Å². The molecule has 0 saturated heterocycles. The zero-order valence-electron chi connectivity index (χ0n) is 13.7. The molecule has 2 heterocycles. The minimum absolute atomic E-state index is 0.377. The molecule has 4 nitrogen and oxygen atoms in total. The van der Waals surface area contributed by atoms with Crippen molar-refractivity contribution >= 4 is 34.3 Å². The van der Waals surface area contributed by atoms with E-state index in [1.165, 1.54) is 16.9 Å². The van der Waals surface area contributed by atoms with Crippen LogP contribution >= 0.6 is 11.3 Å². The molecule has 126 valence electrons. The number of thiophene rings is 1. The summed E-state index contributed by atoms with van der Waals surface area (Å²) in [4.78, 5) is 14.6. The first-order chi connectivity index (χ1) is 12.2. The Balaban J connectivity index is 1.43. The van der Waals surface area contributed by atoms with Gasteiger partial charge in [0.25, 0.3) is 0 Å². The van der Waals surface area contributed by atoms with E-state index in [9.17, 15) is 4.79 Å². The molecule has 0 spiro atoms. The van der Waals surface area contributed by atoms with Crippen LogP contribution in [0.1, 0.15) is 20.8 Å². The third-order valence-electron chi connectivity index (χ3n) is 4.47. The van der Waals surface area contributed by atoms with Crippen molar-refractivity contribution in [3.63, 3.8) is 0 Å². The lowest BCUT2D eigenvalue weighted by atomic mass is 10.2. The maximum Gasteiger partial charge on any atom is 0.249 e. The number of hydrogen-bond donors (Lipinski definition) is 2. The molecule has 0 aliphatic carbocycles. The molecule has 5 heteroatoms. The average Bonchev–Trinajstić information content (AvgIpc) is 3.28. The summed E-state index contributed by atoms with van der Waals surface area (Å²) < 4.78 is 0. The molecule has 0 fully saturated rings. The summed E-state index contributed by atoms with van der Waals surface area (Å²) in [5, 5.41) is 5.19. The van der Waals surface area contributed by atoms with Crippen LogP contribution in [-0.2, 0) is 13.0 Å². The molecule has 1 amide bonds. The highest BCUT2D eigenvalue weighted by atomic mass is 32.1. The zero-order valence-corrected chi connectivity index (χ0v) is 14.6. The molecule has 0 bridgehead atoms. The Kier molecular flexibility index (Phi) is 4.15. The standard InChI is InChI=1S/C20H19N3OS/c21-20(24)15-11-18(25-13-15)12-22-16-5-7-17(8-6-16)23-10-9-14-3-1-2-4-19(14)23/h1-8,11,13,22H,9-10,12H2,(H2,21,24). The number of fused-ring (bicyclic) bond motifs is 1. The molecule has 2 aromatic carbocycles. The SMILES string of the molecule is NC(=O)c1csc(CNc2ccc(N3CCc4ccccc43)cc2)c1. The number of carbonyl (C=O) groups excluding carboxylic acids is 1. The third kappa shape index (κ3) is 3.23. The van der Waals surface area contributed by atoms with Gasteiger partial charge in [-0.25, -0.2) is 0 Å². The van der Waals surface area contributed by atoms with Gasteiger partial charge >= 0.3 is 0 Å². The number of hydrogen-bond acceptors (Lipinski definition) is 4. The Labute approximate surface area is 150 Å². The van der Waals surface area contributed by atoms with E-state index in [-0.39, 0.29) is 5.91 Å². The average molecular weight is 349 g/mol. The number of primary amides is 1. The van der Waals surface area contributed by atoms with Gasteiger partial charge in [0, 0.05) is 40.4 Å². The van der Waals surface area contributed by atoms with E-state index < -0.39 is 0 Å². The Morgan fingerprint density at radius 2 is 1.96 bits per heavy atom. The van der Waals surface area contributed by atoms with E-state index in [0.29, 0.717) is 12.1 Å². The van der Waals surface area contributed by atoms with E-state index in [1.807, 2.05) is 6.07 Å². The first-order valence-corrected chi connectivity index (χ1v) is 9.15. The number of carbonyl (C=O) groups is 1. The van der Waals surface area contributed by atoms with Gasteiger partial charge in [0.15, 0.2) is 0 Å². The van der Waals surface area contributed by atoms with Crippen LogP contribution in [-0.4, -0.2) is 12.5 Å². The van der Waals surface area contributed by atoms with Crippen LogP contribution in [0, 0.1) is 0 Å². The molecule has 0 atom stereocenters. The number of anilines is 3. The summed E-state index contributed by atoms with van der Waals surface area (Å²) in [6, 6.07) is 18.9. The summed E-state index contributed by atoms with van der Waals surface area (Å²) in [6.07, 6.45) is 1.09. The Hall–Kier alpha value is -2.79. The van der Waals surface area contributed by atoms with Crippen molar-refractivity contribution < 1.29 is 4.79 Å². The van der Waals surface area contributed by atoms with Gasteiger partial charge in [-0.05, 0) is 48.4 Å². The van der Waals surface area contributed by atoms with E-state index >= 15 is 0 Å². The number of para-hydroxylation sites is 1. The van der Waals surface area contributed by atoms with Gasteiger partial charge in [0.2, 0.25) is 5.91 Å². The highest BCUT2D eigenvalue weighted by Crippen LogP contribution is 2.34. The molecule has 3 aromatic rings. The third-order valence-corrected chi connectivity index (χ3v) is 5.41. The van der Waals surface area contributed by atoms with Gasteiger partial charge in [0.05, 0.1) is 5.56 Å². The number of benzene rings is 2. The molecule has 4 rings (SSSR count). The summed E-state index contributed by atoms with van der Waals surface area (Å²) in [7, 11) is 0. The van der Waals surface area contributed by atoms with Crippen molar-refractivity contribution in [1.29, 1.82) is 0 Å². The van der Waals surface area contributed by atoms with E-state index in [1.54, 1.807) is 16.7 Å². The molecule has 1 aromatic heterocycles. The maximum atomic E-state index is 11.1. The molecule has 0 saturated carbocycles. The van der Waals surface area contributed by atoms with Gasteiger partial charge in [-0.3, -0.25) is 4.79 Å². The fourth-order valence-electron chi connectivity index (χ4n) is 3.16. The van der Waals surface area contributed by atoms with Crippen molar-refractivity contribution in [2.45, 2.75) is 13.0 Å². The lowest BCUT2D eigenvalue weighted by Gasteiger charge is -2.20. The monoisotopic (exact) mass is 349 g/mol. The van der Waals surface area contributed by atoms with Gasteiger partial charge < -0.3 is 16.0 Å². The van der Waals surface area contributed by atoms with Crippen molar-refractivity contribution in [3.05, 3.63) is 76.0 Å². The second-order valence-corrected chi connectivity index (χ2v) is 7.09. The summed E-state index contributed by atoms with van der Waals surface area (Å²) >= 11 is 1.54. The molecule has 1 aliphatic rings. The quantitative estimate of drug-likeness (QED) is 0.727. The maximum absolute atomic E-state index is 11.1. The Morgan fingerprint density at radius 3 is 2.72 bits per heavy atom. The van der Waals surface area contributed by atoms with Gasteiger partial charge in [-0.1, -0.05) is 18.2 Å². The fourth-order valence-corrected chi connectivity index (χ4v) is 3.97. The minimum Gasteiger partial charge on any atom is -0.380 e. The van der Waals surface area contributed by atoms with Crippen LogP contribution in [0.2, 0.25) is 0 Å². The number of nitrogens with zero attached hydrogens (tertiary/aromatic N) is 1. The van der Waals surface area contributed by atoms with Gasteiger partial charge in [0.1, 0.15) is 0 Å². The predicted molar refractivity (Wildman–Crippen MR) is 104 cm³/mol. The Morgan fingerprint density at radius 1 is 1.16 bits per heavy atom. The number of nitrogens with one attached hydrogen (secondary N) is 1. The van der Waals surface area contributed by atoms with Gasteiger partial charge in [-0.2, -0.15) is 0 Å². The van der Waals surface area contributed by atoms with Crippen LogP contribution in [0.3, 0.4) is 0 Å². The molecule has 0 unspecified atom stereocenters. The molecular weight excluding hydrogens is 330 g/mol. The molecule has 25 heavy (non-hydrogen) atoms. The molecular formula is C20H19N3OS. The first kappa shape index (κ1) is 15.7. The molecule has 3 N–H and O–H groups in total. The minimum atomic E-state index is -0.377. The van der Waals surface area contributed by atoms with Crippen molar-refractivity contribution in [2.24, 2.45) is 5.73 Å². The van der Waals surface area contributed by atoms with Crippen LogP contribution in [0.25, 0.3) is 0 Å². The Bertz CT molecular complexity index is 901. The lowest BCUT2D eigenvalue weighted by molar-refractivity contribution is 0.100. The van der Waals surface area contributed by atoms with Gasteiger partial charge in [-0.15, -0.1) is 11.3 Å². The van der Waals surface area contributed by atoms with E-state index in [0.717, 1.165) is 23.5 Å². The van der Waals surface area contributed by atoms with Crippen LogP contribution in [0.15, 0.2) is 60.0 Å². The number of amides is 1. The fraction of sp³-hybridized carbons (Fsp3) is 0.150. The van der Waals surface area contributed by atoms with E-state index in [2.05, 4.69) is 58.7 Å². The van der Waals surface area contributed by atoms with Crippen LogP contribution in [0.4, 0.5) is 17.1 Å². The summed E-state index contributed by atoms with van der Waals surface area (Å²) in [6.45, 7) is 1.71. The van der Waals surface area contributed by atoms with Crippen molar-refractivity contribution in [1.82, 2.24) is 0 Å². The highest BCUT2D eigenvalue weighted by molar-refractivity contribution is 7.10. The number of rotatable bonds is 5. The normalized spacial score (nSPS) is 12.9. The van der Waals surface area contributed by atoms with E-state index in [4.69, 9.17) is 5.73 Å². The smallest absolute Gasteiger partial charge is 0.249 e. The zero-order chi connectivity index (χ0) is 17.2. The molecule has 1 aliphatic heterocycles. The second kappa shape index (κ2) is 6.61. The topological polar surface area (TPSA) is 58.4 Å². The summed E-state index contributed by atoms with van der Waals surface area (Å²) in [5.41, 5.74) is 10.8. The lowest BCUT2D eigenvalue weighted by Crippen LogP contribution is -2.13. The predicted octanol–water partition coefficient (Wildman–Crippen LogP) is 4.15.